The zero-order valence-corrected chi connectivity index (χ0v) is 23.3. The Morgan fingerprint density at radius 3 is 2.83 bits per heavy atom. The lowest BCUT2D eigenvalue weighted by Crippen LogP contribution is -2.55. The summed E-state index contributed by atoms with van der Waals surface area (Å²) in [5.74, 6) is -0.522. The summed E-state index contributed by atoms with van der Waals surface area (Å²) in [7, 11) is 1.63. The van der Waals surface area contributed by atoms with Crippen LogP contribution in [0, 0.1) is 12.8 Å². The van der Waals surface area contributed by atoms with E-state index in [0.717, 1.165) is 43.8 Å². The smallest absolute Gasteiger partial charge is 0.341 e. The second kappa shape index (κ2) is 12.3. The maximum absolute atomic E-state index is 13.1. The maximum Gasteiger partial charge on any atom is 0.341 e. The minimum absolute atomic E-state index is 0.00895. The third-order valence-electron chi connectivity index (χ3n) is 7.16. The van der Waals surface area contributed by atoms with Gasteiger partial charge < -0.3 is 30.1 Å². The van der Waals surface area contributed by atoms with Gasteiger partial charge in [-0.15, -0.1) is 0 Å². The molecule has 2 fully saturated rings. The first kappa shape index (κ1) is 27.9. The van der Waals surface area contributed by atoms with Gasteiger partial charge in [0.15, 0.2) is 5.65 Å². The molecule has 1 atom stereocenters. The fourth-order valence-electron chi connectivity index (χ4n) is 4.90. The van der Waals surface area contributed by atoms with Crippen LogP contribution in [0.25, 0.3) is 16.2 Å². The molecule has 5 rings (SSSR count). The Hall–Kier alpha value is -3.62. The van der Waals surface area contributed by atoms with Crippen LogP contribution >= 0.6 is 11.5 Å². The SMILES string of the molecule is COCCCNc1nsc(-n2cc(C(=O)O)c(=O)c3c(C)cc(N4CC(C(=O)NCC5CCCCO5)C4)nc32)n1. The molecule has 0 aromatic carbocycles. The third kappa shape index (κ3) is 5.93. The lowest BCUT2D eigenvalue weighted by molar-refractivity contribution is -0.126. The van der Waals surface area contributed by atoms with Crippen LogP contribution in [0.3, 0.4) is 0 Å². The summed E-state index contributed by atoms with van der Waals surface area (Å²) in [5.41, 5.74) is -0.109. The number of carbonyl (C=O) groups excluding carboxylic acids is 1. The Bertz CT molecular complexity index is 1450. The molecule has 0 radical (unpaired) electrons. The Labute approximate surface area is 234 Å². The highest BCUT2D eigenvalue weighted by molar-refractivity contribution is 7.08. The molecular weight excluding hydrogens is 538 g/mol. The minimum atomic E-state index is -1.33. The molecule has 40 heavy (non-hydrogen) atoms. The van der Waals surface area contributed by atoms with Gasteiger partial charge in [-0.2, -0.15) is 9.36 Å². The van der Waals surface area contributed by atoms with E-state index in [9.17, 15) is 19.5 Å². The lowest BCUT2D eigenvalue weighted by Gasteiger charge is -2.39. The average Bonchev–Trinajstić information content (AvgIpc) is 3.38. The van der Waals surface area contributed by atoms with E-state index in [-0.39, 0.29) is 34.5 Å². The molecular formula is C26H33N7O6S. The van der Waals surface area contributed by atoms with E-state index in [1.54, 1.807) is 20.1 Å². The molecule has 13 nitrogen and oxygen atoms in total. The summed E-state index contributed by atoms with van der Waals surface area (Å²) < 4.78 is 16.6. The summed E-state index contributed by atoms with van der Waals surface area (Å²) in [6.45, 7) is 5.19. The Morgan fingerprint density at radius 2 is 2.10 bits per heavy atom. The second-order valence-corrected chi connectivity index (χ2v) is 10.8. The molecule has 0 aliphatic carbocycles. The number of ether oxygens (including phenoxy) is 2. The summed E-state index contributed by atoms with van der Waals surface area (Å²) in [6, 6.07) is 1.76. The van der Waals surface area contributed by atoms with E-state index >= 15 is 0 Å². The molecule has 3 aromatic rings. The molecule has 1 amide bonds. The summed E-state index contributed by atoms with van der Waals surface area (Å²) >= 11 is 1.07. The number of pyridine rings is 2. The number of amides is 1. The van der Waals surface area contributed by atoms with Crippen LogP contribution in [-0.4, -0.2) is 88.5 Å². The number of nitrogens with one attached hydrogen (secondary N) is 2. The van der Waals surface area contributed by atoms with Gasteiger partial charge in [0, 0.05) is 64.2 Å². The van der Waals surface area contributed by atoms with Gasteiger partial charge in [-0.25, -0.2) is 9.78 Å². The third-order valence-corrected chi connectivity index (χ3v) is 7.87. The Balaban J connectivity index is 1.37. The van der Waals surface area contributed by atoms with Gasteiger partial charge >= 0.3 is 5.97 Å². The largest absolute Gasteiger partial charge is 0.477 e. The number of methoxy groups -OCH3 is 1. The van der Waals surface area contributed by atoms with Crippen molar-refractivity contribution in [2.75, 3.05) is 56.7 Å². The fourth-order valence-corrected chi connectivity index (χ4v) is 5.53. The van der Waals surface area contributed by atoms with Crippen molar-refractivity contribution in [1.82, 2.24) is 24.2 Å². The van der Waals surface area contributed by atoms with Crippen LogP contribution in [0.2, 0.25) is 0 Å². The fraction of sp³-hybridized carbons (Fsp3) is 0.538. The van der Waals surface area contributed by atoms with Crippen LogP contribution in [-0.2, 0) is 14.3 Å². The van der Waals surface area contributed by atoms with Gasteiger partial charge in [0.05, 0.1) is 17.4 Å². The van der Waals surface area contributed by atoms with Gasteiger partial charge in [-0.05, 0) is 44.2 Å². The molecule has 0 saturated carbocycles. The van der Waals surface area contributed by atoms with Crippen LogP contribution < -0.4 is 21.0 Å². The molecule has 0 spiro atoms. The number of hydrogen-bond donors (Lipinski definition) is 3. The predicted octanol–water partition coefficient (Wildman–Crippen LogP) is 1.81. The van der Waals surface area contributed by atoms with Crippen LogP contribution in [0.1, 0.15) is 41.6 Å². The number of hydrogen-bond acceptors (Lipinski definition) is 11. The summed E-state index contributed by atoms with van der Waals surface area (Å²) in [6.07, 6.45) is 5.24. The first-order chi connectivity index (χ1) is 19.4. The van der Waals surface area contributed by atoms with Crippen molar-refractivity contribution >= 4 is 46.2 Å². The number of rotatable bonds is 11. The first-order valence-electron chi connectivity index (χ1n) is 13.4. The number of carboxylic acids is 1. The van der Waals surface area contributed by atoms with E-state index in [2.05, 4.69) is 20.0 Å². The highest BCUT2D eigenvalue weighted by Gasteiger charge is 2.34. The van der Waals surface area contributed by atoms with E-state index in [1.807, 2.05) is 4.90 Å². The number of aryl methyl sites for hydroxylation is 1. The number of fused-ring (bicyclic) bond motifs is 1. The van der Waals surface area contributed by atoms with Gasteiger partial charge in [0.1, 0.15) is 11.4 Å². The van der Waals surface area contributed by atoms with Crippen LogP contribution in [0.5, 0.6) is 0 Å². The molecule has 214 valence electrons. The molecule has 2 aliphatic rings. The molecule has 5 heterocycles. The van der Waals surface area contributed by atoms with Gasteiger partial charge in [0.2, 0.25) is 22.4 Å². The summed E-state index contributed by atoms with van der Waals surface area (Å²) in [5, 5.41) is 16.4. The van der Waals surface area contributed by atoms with E-state index in [4.69, 9.17) is 14.5 Å². The van der Waals surface area contributed by atoms with Crippen molar-refractivity contribution in [3.8, 4) is 5.13 Å². The van der Waals surface area contributed by atoms with Crippen molar-refractivity contribution in [2.24, 2.45) is 5.92 Å². The zero-order valence-electron chi connectivity index (χ0n) is 22.5. The van der Waals surface area contributed by atoms with Gasteiger partial charge in [-0.1, -0.05) is 0 Å². The van der Waals surface area contributed by atoms with Crippen LogP contribution in [0.4, 0.5) is 11.8 Å². The number of aromatic carboxylic acids is 1. The van der Waals surface area contributed by atoms with Crippen molar-refractivity contribution in [3.63, 3.8) is 0 Å². The molecule has 3 aromatic heterocycles. The highest BCUT2D eigenvalue weighted by atomic mass is 32.1. The number of anilines is 2. The minimum Gasteiger partial charge on any atom is -0.477 e. The molecule has 1 unspecified atom stereocenters. The number of aromatic nitrogens is 4. The molecule has 14 heteroatoms. The Kier molecular flexibility index (Phi) is 8.57. The topological polar surface area (TPSA) is 161 Å². The monoisotopic (exact) mass is 571 g/mol. The summed E-state index contributed by atoms with van der Waals surface area (Å²) in [4.78, 5) is 48.9. The second-order valence-electron chi connectivity index (χ2n) is 10.1. The van der Waals surface area contributed by atoms with Crippen molar-refractivity contribution in [2.45, 2.75) is 38.7 Å². The van der Waals surface area contributed by atoms with E-state index in [1.165, 1.54) is 10.8 Å². The van der Waals surface area contributed by atoms with Crippen LogP contribution in [0.15, 0.2) is 17.1 Å². The lowest BCUT2D eigenvalue weighted by atomic mass is 9.98. The Morgan fingerprint density at radius 1 is 1.27 bits per heavy atom. The number of carboxylic acid groups (broad SMARTS) is 1. The van der Waals surface area contributed by atoms with Crippen molar-refractivity contribution in [3.05, 3.63) is 33.6 Å². The van der Waals surface area contributed by atoms with Crippen molar-refractivity contribution in [1.29, 1.82) is 0 Å². The average molecular weight is 572 g/mol. The van der Waals surface area contributed by atoms with E-state index < -0.39 is 11.4 Å². The van der Waals surface area contributed by atoms with Gasteiger partial charge in [-0.3, -0.25) is 14.2 Å². The normalized spacial score (nSPS) is 17.6. The standard InChI is InChI=1S/C26H33N7O6S/c1-15-10-19(32-12-16(13-32)23(35)28-11-17-6-3-4-9-39-17)29-22-20(15)21(34)18(24(36)37)14-33(22)26-30-25(31-40-26)27-7-5-8-38-2/h10,14,16-17H,3-9,11-13H2,1-2H3,(H,27,31)(H,28,35)(H,36,37). The molecule has 0 bridgehead atoms. The number of nitrogens with zero attached hydrogens (tertiary/aromatic N) is 5. The maximum atomic E-state index is 13.1. The van der Waals surface area contributed by atoms with E-state index in [0.29, 0.717) is 55.2 Å². The first-order valence-corrected chi connectivity index (χ1v) is 14.1. The molecule has 2 saturated heterocycles. The number of carbonyl (C=O) groups is 2. The molecule has 2 aliphatic heterocycles. The highest BCUT2D eigenvalue weighted by Crippen LogP contribution is 2.29. The predicted molar refractivity (Wildman–Crippen MR) is 150 cm³/mol. The quantitative estimate of drug-likeness (QED) is 0.288. The zero-order chi connectivity index (χ0) is 28.2. The van der Waals surface area contributed by atoms with Crippen molar-refractivity contribution < 1.29 is 24.2 Å². The molecule has 3 N–H and O–H groups in total. The van der Waals surface area contributed by atoms with Gasteiger partial charge in [0.25, 0.3) is 0 Å².